The van der Waals surface area contributed by atoms with Gasteiger partial charge in [-0.15, -0.1) is 0 Å². The molecule has 8 nitrogen and oxygen atoms in total. The van der Waals surface area contributed by atoms with Gasteiger partial charge in [-0.25, -0.2) is 12.7 Å². The Labute approximate surface area is 215 Å². The highest BCUT2D eigenvalue weighted by Crippen LogP contribution is 2.30. The second-order valence-corrected chi connectivity index (χ2v) is 11.3. The fourth-order valence-electron chi connectivity index (χ4n) is 3.79. The third-order valence-electron chi connectivity index (χ3n) is 5.62. The summed E-state index contributed by atoms with van der Waals surface area (Å²) < 4.78 is 26.3. The molecule has 0 saturated heterocycles. The van der Waals surface area contributed by atoms with Crippen LogP contribution in [-0.4, -0.2) is 54.0 Å². The molecule has 0 aliphatic carbocycles. The fraction of sp³-hybridized carbons (Fsp3) is 0.375. The number of sulfonamides is 1. The van der Waals surface area contributed by atoms with Gasteiger partial charge in [0.25, 0.3) is 15.9 Å². The van der Waals surface area contributed by atoms with Crippen LogP contribution in [0.5, 0.6) is 0 Å². The molecular weight excluding hydrogens is 513 g/mol. The zero-order valence-corrected chi connectivity index (χ0v) is 22.0. The van der Waals surface area contributed by atoms with Gasteiger partial charge >= 0.3 is 0 Å². The second-order valence-electron chi connectivity index (χ2n) is 8.58. The summed E-state index contributed by atoms with van der Waals surface area (Å²) in [6.45, 7) is 5.17. The third kappa shape index (κ3) is 5.97. The van der Waals surface area contributed by atoms with Crippen molar-refractivity contribution in [2.24, 2.45) is 0 Å². The molecule has 3 rings (SSSR count). The van der Waals surface area contributed by atoms with E-state index in [-0.39, 0.29) is 54.2 Å². The van der Waals surface area contributed by atoms with Crippen molar-refractivity contribution in [1.29, 1.82) is 0 Å². The molecule has 11 heteroatoms. The predicted molar refractivity (Wildman–Crippen MR) is 134 cm³/mol. The number of rotatable bonds is 9. The molecule has 0 unspecified atom stereocenters. The van der Waals surface area contributed by atoms with Crippen molar-refractivity contribution < 1.29 is 22.8 Å². The van der Waals surface area contributed by atoms with E-state index in [0.29, 0.717) is 15.6 Å². The number of amides is 3. The molecule has 35 heavy (non-hydrogen) atoms. The van der Waals surface area contributed by atoms with Crippen LogP contribution in [0.4, 0.5) is 0 Å². The summed E-state index contributed by atoms with van der Waals surface area (Å²) in [7, 11) is -3.95. The Morgan fingerprint density at radius 3 is 2.40 bits per heavy atom. The minimum atomic E-state index is -3.95. The smallest absolute Gasteiger partial charge is 0.269 e. The summed E-state index contributed by atoms with van der Waals surface area (Å²) >= 11 is 12.3. The molecule has 0 fully saturated rings. The zero-order valence-electron chi connectivity index (χ0n) is 19.6. The van der Waals surface area contributed by atoms with E-state index in [2.05, 4.69) is 5.32 Å². The Balaban J connectivity index is 1.74. The van der Waals surface area contributed by atoms with Crippen LogP contribution in [-0.2, 0) is 26.2 Å². The molecule has 2 aromatic carbocycles. The van der Waals surface area contributed by atoms with Crippen LogP contribution in [0.1, 0.15) is 49.5 Å². The van der Waals surface area contributed by atoms with Crippen molar-refractivity contribution in [3.63, 3.8) is 0 Å². The lowest BCUT2D eigenvalue weighted by Crippen LogP contribution is -2.49. The lowest BCUT2D eigenvalue weighted by molar-refractivity contribution is -0.140. The maximum Gasteiger partial charge on any atom is 0.269 e. The van der Waals surface area contributed by atoms with Gasteiger partial charge in [0.1, 0.15) is 10.9 Å². The van der Waals surface area contributed by atoms with E-state index in [0.717, 1.165) is 4.31 Å². The van der Waals surface area contributed by atoms with Crippen LogP contribution < -0.4 is 5.32 Å². The van der Waals surface area contributed by atoms with Crippen LogP contribution in [0.25, 0.3) is 0 Å². The monoisotopic (exact) mass is 539 g/mol. The predicted octanol–water partition coefficient (Wildman–Crippen LogP) is 3.86. The molecule has 188 valence electrons. The van der Waals surface area contributed by atoms with Gasteiger partial charge < -0.3 is 10.2 Å². The molecule has 1 heterocycles. The van der Waals surface area contributed by atoms with Gasteiger partial charge in [0, 0.05) is 35.6 Å². The molecule has 0 spiro atoms. The number of hydrogen-bond acceptors (Lipinski definition) is 5. The van der Waals surface area contributed by atoms with E-state index in [9.17, 15) is 22.8 Å². The molecule has 0 bridgehead atoms. The zero-order chi connectivity index (χ0) is 25.9. The largest absolute Gasteiger partial charge is 0.352 e. The van der Waals surface area contributed by atoms with E-state index in [1.165, 1.54) is 17.0 Å². The van der Waals surface area contributed by atoms with E-state index in [4.69, 9.17) is 23.2 Å². The SMILES string of the molecule is CC(C)NC(=O)[C@@H](C)N(Cc1ccc(Cl)cc1Cl)C(=O)CCCN1C(=O)c2ccccc2S1(=O)=O. The first-order chi connectivity index (χ1) is 16.4. The Morgan fingerprint density at radius 2 is 1.77 bits per heavy atom. The number of benzene rings is 2. The summed E-state index contributed by atoms with van der Waals surface area (Å²) in [5.74, 6) is -1.31. The van der Waals surface area contributed by atoms with E-state index in [1.807, 2.05) is 13.8 Å². The van der Waals surface area contributed by atoms with E-state index >= 15 is 0 Å². The highest BCUT2D eigenvalue weighted by molar-refractivity contribution is 7.90. The number of carbonyl (C=O) groups is 3. The minimum absolute atomic E-state index is 0.0330. The summed E-state index contributed by atoms with van der Waals surface area (Å²) in [5, 5.41) is 3.60. The number of fused-ring (bicyclic) bond motifs is 1. The quantitative estimate of drug-likeness (QED) is 0.520. The van der Waals surface area contributed by atoms with Crippen LogP contribution in [0.3, 0.4) is 0 Å². The molecule has 0 radical (unpaired) electrons. The van der Waals surface area contributed by atoms with Crippen LogP contribution in [0.2, 0.25) is 10.0 Å². The van der Waals surface area contributed by atoms with Crippen molar-refractivity contribution in [2.75, 3.05) is 6.54 Å². The number of nitrogens with zero attached hydrogens (tertiary/aromatic N) is 2. The number of nitrogens with one attached hydrogen (secondary N) is 1. The number of hydrogen-bond donors (Lipinski definition) is 1. The van der Waals surface area contributed by atoms with Gasteiger partial charge in [-0.1, -0.05) is 41.4 Å². The maximum atomic E-state index is 13.2. The van der Waals surface area contributed by atoms with Gasteiger partial charge in [0.15, 0.2) is 0 Å². The molecule has 0 saturated carbocycles. The lowest BCUT2D eigenvalue weighted by atomic mass is 10.1. The van der Waals surface area contributed by atoms with Gasteiger partial charge in [0.05, 0.1) is 5.56 Å². The molecule has 1 aliphatic rings. The van der Waals surface area contributed by atoms with Crippen LogP contribution in [0.15, 0.2) is 47.4 Å². The first-order valence-corrected chi connectivity index (χ1v) is 13.3. The Hall–Kier alpha value is -2.62. The maximum absolute atomic E-state index is 13.2. The molecule has 1 N–H and O–H groups in total. The molecule has 3 amide bonds. The Morgan fingerprint density at radius 1 is 1.09 bits per heavy atom. The number of carbonyl (C=O) groups excluding carboxylic acids is 3. The highest BCUT2D eigenvalue weighted by atomic mass is 35.5. The average Bonchev–Trinajstić information content (AvgIpc) is 2.98. The highest BCUT2D eigenvalue weighted by Gasteiger charge is 2.40. The minimum Gasteiger partial charge on any atom is -0.352 e. The Bertz CT molecular complexity index is 1250. The van der Waals surface area contributed by atoms with Crippen molar-refractivity contribution in [1.82, 2.24) is 14.5 Å². The van der Waals surface area contributed by atoms with E-state index in [1.54, 1.807) is 37.3 Å². The molecule has 0 aromatic heterocycles. The molecule has 2 aromatic rings. The first-order valence-electron chi connectivity index (χ1n) is 11.1. The summed E-state index contributed by atoms with van der Waals surface area (Å²) in [4.78, 5) is 39.8. The summed E-state index contributed by atoms with van der Waals surface area (Å²) in [5.41, 5.74) is 0.734. The second kappa shape index (κ2) is 11.0. The van der Waals surface area contributed by atoms with Crippen molar-refractivity contribution in [2.45, 2.75) is 57.1 Å². The molecule has 1 aliphatic heterocycles. The van der Waals surface area contributed by atoms with Gasteiger partial charge in [-0.3, -0.25) is 14.4 Å². The topological polar surface area (TPSA) is 104 Å². The average molecular weight is 540 g/mol. The van der Waals surface area contributed by atoms with Gasteiger partial charge in [0.2, 0.25) is 11.8 Å². The van der Waals surface area contributed by atoms with Crippen LogP contribution >= 0.6 is 23.2 Å². The van der Waals surface area contributed by atoms with Crippen molar-refractivity contribution in [3.05, 3.63) is 63.6 Å². The molecule has 1 atom stereocenters. The van der Waals surface area contributed by atoms with Crippen LogP contribution in [0, 0.1) is 0 Å². The lowest BCUT2D eigenvalue weighted by Gasteiger charge is -2.30. The van der Waals surface area contributed by atoms with E-state index < -0.39 is 22.0 Å². The summed E-state index contributed by atoms with van der Waals surface area (Å²) in [6.07, 6.45) is 0.0291. The fourth-order valence-corrected chi connectivity index (χ4v) is 5.87. The normalized spacial score (nSPS) is 15.1. The summed E-state index contributed by atoms with van der Waals surface area (Å²) in [6, 6.07) is 9.97. The first kappa shape index (κ1) is 27.0. The van der Waals surface area contributed by atoms with Crippen molar-refractivity contribution in [3.8, 4) is 0 Å². The number of halogens is 2. The molecular formula is C24H27Cl2N3O5S. The third-order valence-corrected chi connectivity index (χ3v) is 8.05. The van der Waals surface area contributed by atoms with Gasteiger partial charge in [-0.05, 0) is 57.0 Å². The van der Waals surface area contributed by atoms with Gasteiger partial charge in [-0.2, -0.15) is 0 Å². The Kier molecular flexibility index (Phi) is 8.46. The van der Waals surface area contributed by atoms with Crippen molar-refractivity contribution >= 4 is 50.9 Å². The standard InChI is InChI=1S/C24H27Cl2N3O5S/c1-15(2)27-23(31)16(3)28(14-17-10-11-18(25)13-20(17)26)22(30)9-6-12-29-24(32)19-7-4-5-8-21(19)35(29,33)34/h4-5,7-8,10-11,13,15-16H,6,9,12,14H2,1-3H3,(H,27,31)/t16-/m1/s1.